The highest BCUT2D eigenvalue weighted by Gasteiger charge is 2.38. The van der Waals surface area contributed by atoms with Gasteiger partial charge >= 0.3 is 5.97 Å². The molecule has 0 spiro atoms. The first-order valence-electron chi connectivity index (χ1n) is 7.25. The van der Waals surface area contributed by atoms with Crippen molar-refractivity contribution >= 4 is 5.97 Å². The molecule has 1 aliphatic rings. The predicted octanol–water partition coefficient (Wildman–Crippen LogP) is 3.17. The Morgan fingerprint density at radius 3 is 2.53 bits per heavy atom. The molecule has 1 aliphatic carbocycles. The highest BCUT2D eigenvalue weighted by molar-refractivity contribution is 5.77. The Hall–Kier alpha value is -1.35. The van der Waals surface area contributed by atoms with Crippen LogP contribution in [-0.4, -0.2) is 30.1 Å². The molecule has 0 aliphatic heterocycles. The van der Waals surface area contributed by atoms with Crippen LogP contribution in [0.1, 0.15) is 44.7 Å². The molecule has 0 amide bonds. The largest absolute Gasteiger partial charge is 0.465 e. The topological polar surface area (TPSA) is 29.5 Å². The lowest BCUT2D eigenvalue weighted by Crippen LogP contribution is -2.37. The second kappa shape index (κ2) is 6.71. The molecule has 2 rings (SSSR count). The molecule has 0 saturated heterocycles. The Morgan fingerprint density at radius 1 is 1.32 bits per heavy atom. The van der Waals surface area contributed by atoms with Crippen LogP contribution in [0.5, 0.6) is 0 Å². The number of esters is 1. The Balaban J connectivity index is 2.24. The van der Waals surface area contributed by atoms with Gasteiger partial charge in [0.2, 0.25) is 0 Å². The number of nitrogens with zero attached hydrogens (tertiary/aromatic N) is 1. The lowest BCUT2D eigenvalue weighted by molar-refractivity contribution is -0.150. The summed E-state index contributed by atoms with van der Waals surface area (Å²) < 4.78 is 5.28. The second-order valence-corrected chi connectivity index (χ2v) is 5.03. The van der Waals surface area contributed by atoms with Gasteiger partial charge in [0.05, 0.1) is 6.61 Å². The number of rotatable bonds is 7. The maximum atomic E-state index is 12.3. The third kappa shape index (κ3) is 3.57. The summed E-state index contributed by atoms with van der Waals surface area (Å²) in [7, 11) is 0. The van der Waals surface area contributed by atoms with Crippen LogP contribution in [0.25, 0.3) is 0 Å². The summed E-state index contributed by atoms with van der Waals surface area (Å²) in [5.74, 6) is -0.117. The van der Waals surface area contributed by atoms with Crippen molar-refractivity contribution in [2.45, 2.75) is 45.2 Å². The van der Waals surface area contributed by atoms with Crippen molar-refractivity contribution in [1.82, 2.24) is 4.90 Å². The Morgan fingerprint density at radius 2 is 2.00 bits per heavy atom. The summed E-state index contributed by atoms with van der Waals surface area (Å²) >= 11 is 0. The summed E-state index contributed by atoms with van der Waals surface area (Å²) in [4.78, 5) is 14.6. The van der Waals surface area contributed by atoms with Crippen LogP contribution < -0.4 is 0 Å². The lowest BCUT2D eigenvalue weighted by Gasteiger charge is -2.30. The summed E-state index contributed by atoms with van der Waals surface area (Å²) in [5, 5.41) is 0. The summed E-state index contributed by atoms with van der Waals surface area (Å²) in [6.07, 6.45) is 3.45. The van der Waals surface area contributed by atoms with Crippen LogP contribution in [-0.2, 0) is 9.53 Å². The molecule has 3 heteroatoms. The van der Waals surface area contributed by atoms with Crippen molar-refractivity contribution in [3.8, 4) is 0 Å². The minimum absolute atomic E-state index is 0.117. The van der Waals surface area contributed by atoms with Gasteiger partial charge in [0.15, 0.2) is 0 Å². The van der Waals surface area contributed by atoms with E-state index in [0.717, 1.165) is 18.5 Å². The standard InChI is InChI=1S/C16H23NO2/c1-3-12-17(14-10-11-14)15(16(18)19-4-2)13-8-6-5-7-9-13/h5-9,14-15H,3-4,10-12H2,1-2H3. The SMILES string of the molecule is CCCN(C1CC1)C(C(=O)OCC)c1ccccc1. The smallest absolute Gasteiger partial charge is 0.328 e. The molecule has 1 atom stereocenters. The summed E-state index contributed by atoms with van der Waals surface area (Å²) in [5.41, 5.74) is 1.04. The molecule has 19 heavy (non-hydrogen) atoms. The van der Waals surface area contributed by atoms with Crippen molar-refractivity contribution < 1.29 is 9.53 Å². The highest BCUT2D eigenvalue weighted by atomic mass is 16.5. The monoisotopic (exact) mass is 261 g/mol. The molecule has 1 aromatic rings. The first-order chi connectivity index (χ1) is 9.27. The van der Waals surface area contributed by atoms with E-state index in [9.17, 15) is 4.79 Å². The van der Waals surface area contributed by atoms with E-state index >= 15 is 0 Å². The number of benzene rings is 1. The highest BCUT2D eigenvalue weighted by Crippen LogP contribution is 2.35. The van der Waals surface area contributed by atoms with Crippen LogP contribution >= 0.6 is 0 Å². The van der Waals surface area contributed by atoms with Gasteiger partial charge in [-0.05, 0) is 38.3 Å². The predicted molar refractivity (Wildman–Crippen MR) is 75.8 cm³/mol. The lowest BCUT2D eigenvalue weighted by atomic mass is 10.0. The van der Waals surface area contributed by atoms with Crippen LogP contribution in [0.3, 0.4) is 0 Å². The van der Waals surface area contributed by atoms with E-state index in [1.54, 1.807) is 0 Å². The number of carbonyl (C=O) groups excluding carboxylic acids is 1. The Bertz CT molecular complexity index is 400. The minimum Gasteiger partial charge on any atom is -0.465 e. The molecule has 1 fully saturated rings. The van der Waals surface area contributed by atoms with Gasteiger partial charge < -0.3 is 4.74 Å². The van der Waals surface area contributed by atoms with Crippen LogP contribution in [0.15, 0.2) is 30.3 Å². The molecule has 0 N–H and O–H groups in total. The molecule has 1 aromatic carbocycles. The Labute approximate surface area is 115 Å². The fourth-order valence-electron chi connectivity index (χ4n) is 2.51. The van der Waals surface area contributed by atoms with Crippen LogP contribution in [0.4, 0.5) is 0 Å². The van der Waals surface area contributed by atoms with Crippen LogP contribution in [0.2, 0.25) is 0 Å². The maximum Gasteiger partial charge on any atom is 0.328 e. The fraction of sp³-hybridized carbons (Fsp3) is 0.562. The molecule has 104 valence electrons. The van der Waals surface area contributed by atoms with E-state index in [1.807, 2.05) is 37.3 Å². The molecule has 1 saturated carbocycles. The van der Waals surface area contributed by atoms with Crippen molar-refractivity contribution in [1.29, 1.82) is 0 Å². The third-order valence-corrected chi connectivity index (χ3v) is 3.45. The Kier molecular flexibility index (Phi) is 4.97. The molecule has 3 nitrogen and oxygen atoms in total. The zero-order chi connectivity index (χ0) is 13.7. The van der Waals surface area contributed by atoms with Gasteiger partial charge in [0, 0.05) is 6.04 Å². The summed E-state index contributed by atoms with van der Waals surface area (Å²) in [6.45, 7) is 5.40. The zero-order valence-corrected chi connectivity index (χ0v) is 11.8. The summed E-state index contributed by atoms with van der Waals surface area (Å²) in [6, 6.07) is 10.3. The number of ether oxygens (including phenoxy) is 1. The van der Waals surface area contributed by atoms with Crippen molar-refractivity contribution in [2.75, 3.05) is 13.2 Å². The molecule has 0 bridgehead atoms. The molecule has 0 heterocycles. The number of hydrogen-bond donors (Lipinski definition) is 0. The van der Waals surface area contributed by atoms with Gasteiger partial charge in [-0.15, -0.1) is 0 Å². The molecular formula is C16H23NO2. The van der Waals surface area contributed by atoms with Gasteiger partial charge in [-0.25, -0.2) is 4.79 Å². The molecule has 0 aromatic heterocycles. The van der Waals surface area contributed by atoms with Gasteiger partial charge in [-0.1, -0.05) is 37.3 Å². The van der Waals surface area contributed by atoms with E-state index in [2.05, 4.69) is 11.8 Å². The maximum absolute atomic E-state index is 12.3. The van der Waals surface area contributed by atoms with Crippen molar-refractivity contribution in [3.63, 3.8) is 0 Å². The average molecular weight is 261 g/mol. The van der Waals surface area contributed by atoms with E-state index in [0.29, 0.717) is 12.6 Å². The molecule has 0 radical (unpaired) electrons. The van der Waals surface area contributed by atoms with E-state index < -0.39 is 0 Å². The molecular weight excluding hydrogens is 238 g/mol. The van der Waals surface area contributed by atoms with Crippen LogP contribution in [0, 0.1) is 0 Å². The normalized spacial score (nSPS) is 16.4. The van der Waals surface area contributed by atoms with E-state index in [-0.39, 0.29) is 12.0 Å². The number of hydrogen-bond acceptors (Lipinski definition) is 3. The first-order valence-corrected chi connectivity index (χ1v) is 7.25. The third-order valence-electron chi connectivity index (χ3n) is 3.45. The van der Waals surface area contributed by atoms with Crippen molar-refractivity contribution in [3.05, 3.63) is 35.9 Å². The van der Waals surface area contributed by atoms with Gasteiger partial charge in [-0.2, -0.15) is 0 Å². The number of carbonyl (C=O) groups is 1. The zero-order valence-electron chi connectivity index (χ0n) is 11.8. The van der Waals surface area contributed by atoms with Gasteiger partial charge in [0.1, 0.15) is 6.04 Å². The van der Waals surface area contributed by atoms with Gasteiger partial charge in [-0.3, -0.25) is 4.90 Å². The fourth-order valence-corrected chi connectivity index (χ4v) is 2.51. The van der Waals surface area contributed by atoms with E-state index in [1.165, 1.54) is 12.8 Å². The second-order valence-electron chi connectivity index (χ2n) is 5.03. The molecule has 1 unspecified atom stereocenters. The minimum atomic E-state index is -0.242. The average Bonchev–Trinajstić information content (AvgIpc) is 3.24. The quantitative estimate of drug-likeness (QED) is 0.706. The van der Waals surface area contributed by atoms with Crippen molar-refractivity contribution in [2.24, 2.45) is 0 Å². The first kappa shape index (κ1) is 14.1. The van der Waals surface area contributed by atoms with E-state index in [4.69, 9.17) is 4.74 Å². The van der Waals surface area contributed by atoms with Gasteiger partial charge in [0.25, 0.3) is 0 Å².